The van der Waals surface area contributed by atoms with Crippen LogP contribution in [0.1, 0.15) is 5.76 Å². The quantitative estimate of drug-likeness (QED) is 0.611. The Hall–Kier alpha value is -1.14. The average molecular weight is 382 g/mol. The smallest absolute Gasteiger partial charge is 0.135 e. The Morgan fingerprint density at radius 3 is 2.58 bits per heavy atom. The molecular weight excluding hydrogens is 371 g/mol. The number of hydrogen-bond donors (Lipinski definition) is 0. The van der Waals surface area contributed by atoms with Gasteiger partial charge in [0.25, 0.3) is 0 Å². The van der Waals surface area contributed by atoms with Crippen LogP contribution in [-0.2, 0) is 10.8 Å². The lowest BCUT2D eigenvalue weighted by molar-refractivity contribution is 0.566. The summed E-state index contributed by atoms with van der Waals surface area (Å²) in [4.78, 5) is 1.58. The first-order valence-electron chi connectivity index (χ1n) is 5.82. The van der Waals surface area contributed by atoms with Crippen molar-refractivity contribution in [3.63, 3.8) is 0 Å². The van der Waals surface area contributed by atoms with Crippen LogP contribution in [0.15, 0.2) is 62.7 Å². The standard InChI is InChI=1S/C15H11IO2S/c1-10-15(19(17)12-5-3-2-4-6-12)13-9-11(16)7-8-14(13)18-10/h2-9H,1H3. The van der Waals surface area contributed by atoms with Gasteiger partial charge in [0.15, 0.2) is 0 Å². The summed E-state index contributed by atoms with van der Waals surface area (Å²) < 4.78 is 19.5. The van der Waals surface area contributed by atoms with Crippen LogP contribution in [0.25, 0.3) is 11.0 Å². The third-order valence-electron chi connectivity index (χ3n) is 2.91. The highest BCUT2D eigenvalue weighted by Gasteiger charge is 2.18. The molecule has 4 heteroatoms. The minimum Gasteiger partial charge on any atom is -0.460 e. The molecule has 1 aromatic heterocycles. The van der Waals surface area contributed by atoms with Gasteiger partial charge in [-0.3, -0.25) is 0 Å². The third-order valence-corrected chi connectivity index (χ3v) is 5.16. The number of rotatable bonds is 2. The van der Waals surface area contributed by atoms with E-state index in [0.29, 0.717) is 0 Å². The Bertz CT molecular complexity index is 762. The highest BCUT2D eigenvalue weighted by atomic mass is 127. The maximum absolute atomic E-state index is 12.7. The largest absolute Gasteiger partial charge is 0.460 e. The Morgan fingerprint density at radius 2 is 1.84 bits per heavy atom. The van der Waals surface area contributed by atoms with E-state index >= 15 is 0 Å². The lowest BCUT2D eigenvalue weighted by Gasteiger charge is -2.01. The number of benzene rings is 2. The molecule has 2 aromatic carbocycles. The van der Waals surface area contributed by atoms with Crippen molar-refractivity contribution in [1.29, 1.82) is 0 Å². The average Bonchev–Trinajstić information content (AvgIpc) is 2.74. The third kappa shape index (κ3) is 2.34. The summed E-state index contributed by atoms with van der Waals surface area (Å²) in [5.41, 5.74) is 0.789. The molecule has 3 aromatic rings. The van der Waals surface area contributed by atoms with Crippen LogP contribution in [0.3, 0.4) is 0 Å². The van der Waals surface area contributed by atoms with Crippen molar-refractivity contribution in [2.75, 3.05) is 0 Å². The molecule has 0 saturated heterocycles. The fourth-order valence-corrected chi connectivity index (χ4v) is 3.86. The number of halogens is 1. The lowest BCUT2D eigenvalue weighted by atomic mass is 10.2. The second-order valence-electron chi connectivity index (χ2n) is 4.21. The van der Waals surface area contributed by atoms with Crippen molar-refractivity contribution in [2.45, 2.75) is 16.7 Å². The molecule has 1 heterocycles. The van der Waals surface area contributed by atoms with E-state index in [1.807, 2.05) is 55.5 Å². The van der Waals surface area contributed by atoms with Crippen LogP contribution in [-0.4, -0.2) is 4.21 Å². The molecule has 0 N–H and O–H groups in total. The maximum Gasteiger partial charge on any atom is 0.135 e. The molecule has 2 nitrogen and oxygen atoms in total. The van der Waals surface area contributed by atoms with Crippen LogP contribution in [0.2, 0.25) is 0 Å². The Morgan fingerprint density at radius 1 is 1.11 bits per heavy atom. The lowest BCUT2D eigenvalue weighted by Crippen LogP contribution is -1.93. The van der Waals surface area contributed by atoms with Gasteiger partial charge in [0.05, 0.1) is 15.7 Å². The summed E-state index contributed by atoms with van der Waals surface area (Å²) in [6.07, 6.45) is 0. The molecule has 96 valence electrons. The predicted molar refractivity (Wildman–Crippen MR) is 84.8 cm³/mol. The van der Waals surface area contributed by atoms with E-state index in [1.54, 1.807) is 0 Å². The van der Waals surface area contributed by atoms with E-state index in [2.05, 4.69) is 22.6 Å². The molecule has 0 aliphatic rings. The molecule has 0 aliphatic heterocycles. The monoisotopic (exact) mass is 382 g/mol. The van der Waals surface area contributed by atoms with Crippen LogP contribution in [0.5, 0.6) is 0 Å². The molecule has 0 bridgehead atoms. The van der Waals surface area contributed by atoms with E-state index < -0.39 is 10.8 Å². The minimum atomic E-state index is -1.21. The first-order valence-corrected chi connectivity index (χ1v) is 8.05. The Balaban J connectivity index is 2.22. The van der Waals surface area contributed by atoms with Gasteiger partial charge in [-0.2, -0.15) is 0 Å². The summed E-state index contributed by atoms with van der Waals surface area (Å²) in [5.74, 6) is 0.721. The van der Waals surface area contributed by atoms with Crippen molar-refractivity contribution in [3.8, 4) is 0 Å². The van der Waals surface area contributed by atoms with Gasteiger partial charge in [-0.1, -0.05) is 18.2 Å². The molecule has 0 saturated carbocycles. The van der Waals surface area contributed by atoms with Gasteiger partial charge in [-0.15, -0.1) is 0 Å². The second-order valence-corrected chi connectivity index (χ2v) is 6.87. The van der Waals surface area contributed by atoms with Crippen LogP contribution in [0.4, 0.5) is 0 Å². The fraction of sp³-hybridized carbons (Fsp3) is 0.0667. The van der Waals surface area contributed by atoms with Gasteiger partial charge in [0.1, 0.15) is 11.3 Å². The fourth-order valence-electron chi connectivity index (χ4n) is 2.06. The highest BCUT2D eigenvalue weighted by molar-refractivity contribution is 14.1. The topological polar surface area (TPSA) is 30.2 Å². The van der Waals surface area contributed by atoms with E-state index in [4.69, 9.17) is 4.42 Å². The summed E-state index contributed by atoms with van der Waals surface area (Å²) in [6, 6.07) is 15.4. The van der Waals surface area contributed by atoms with E-state index in [9.17, 15) is 4.21 Å². The van der Waals surface area contributed by atoms with Crippen molar-refractivity contribution < 1.29 is 8.63 Å². The van der Waals surface area contributed by atoms with Gasteiger partial charge in [-0.05, 0) is 59.8 Å². The van der Waals surface area contributed by atoms with Gasteiger partial charge in [0, 0.05) is 13.9 Å². The Labute approximate surface area is 127 Å². The minimum absolute atomic E-state index is 0.721. The van der Waals surface area contributed by atoms with Gasteiger partial charge < -0.3 is 4.42 Å². The summed E-state index contributed by atoms with van der Waals surface area (Å²) >= 11 is 2.25. The Kier molecular flexibility index (Phi) is 3.45. The first kappa shape index (κ1) is 12.9. The molecular formula is C15H11IO2S. The van der Waals surface area contributed by atoms with Crippen molar-refractivity contribution in [3.05, 3.63) is 57.9 Å². The van der Waals surface area contributed by atoms with Gasteiger partial charge >= 0.3 is 0 Å². The molecule has 0 amide bonds. The normalized spacial score (nSPS) is 12.7. The molecule has 19 heavy (non-hydrogen) atoms. The number of hydrogen-bond acceptors (Lipinski definition) is 2. The maximum atomic E-state index is 12.7. The number of aryl methyl sites for hydroxylation is 1. The van der Waals surface area contributed by atoms with Crippen LogP contribution >= 0.6 is 22.6 Å². The SMILES string of the molecule is Cc1oc2ccc(I)cc2c1S(=O)c1ccccc1. The van der Waals surface area contributed by atoms with Gasteiger partial charge in [-0.25, -0.2) is 4.21 Å². The van der Waals surface area contributed by atoms with E-state index in [0.717, 1.165) is 30.1 Å². The molecule has 0 aliphatic carbocycles. The van der Waals surface area contributed by atoms with Crippen molar-refractivity contribution >= 4 is 44.4 Å². The van der Waals surface area contributed by atoms with Crippen LogP contribution < -0.4 is 0 Å². The molecule has 0 radical (unpaired) electrons. The van der Waals surface area contributed by atoms with Gasteiger partial charge in [0.2, 0.25) is 0 Å². The summed E-state index contributed by atoms with van der Waals surface area (Å²) in [7, 11) is -1.21. The zero-order valence-electron chi connectivity index (χ0n) is 10.2. The second kappa shape index (κ2) is 5.09. The predicted octanol–water partition coefficient (Wildman–Crippen LogP) is 4.51. The summed E-state index contributed by atoms with van der Waals surface area (Å²) in [5, 5.41) is 0.937. The number of fused-ring (bicyclic) bond motifs is 1. The highest BCUT2D eigenvalue weighted by Crippen LogP contribution is 2.32. The zero-order valence-corrected chi connectivity index (χ0v) is 13.2. The summed E-state index contributed by atoms with van der Waals surface area (Å²) in [6.45, 7) is 1.86. The molecule has 1 unspecified atom stereocenters. The first-order chi connectivity index (χ1) is 9.16. The molecule has 1 atom stereocenters. The number of furan rings is 1. The zero-order chi connectivity index (χ0) is 13.4. The van der Waals surface area contributed by atoms with E-state index in [-0.39, 0.29) is 0 Å². The van der Waals surface area contributed by atoms with Crippen molar-refractivity contribution in [2.24, 2.45) is 0 Å². The van der Waals surface area contributed by atoms with E-state index in [1.165, 1.54) is 0 Å². The van der Waals surface area contributed by atoms with Crippen molar-refractivity contribution in [1.82, 2.24) is 0 Å². The van der Waals surface area contributed by atoms with Crippen LogP contribution in [0, 0.1) is 10.5 Å². The molecule has 0 spiro atoms. The molecule has 0 fully saturated rings. The molecule has 3 rings (SSSR count).